The summed E-state index contributed by atoms with van der Waals surface area (Å²) in [7, 11) is -1.42. The zero-order valence-corrected chi connectivity index (χ0v) is 12.4. The molecule has 0 radical (unpaired) electrons. The van der Waals surface area contributed by atoms with Crippen molar-refractivity contribution in [2.45, 2.75) is 39.0 Å². The van der Waals surface area contributed by atoms with Crippen molar-refractivity contribution in [3.05, 3.63) is 30.4 Å². The van der Waals surface area contributed by atoms with Crippen molar-refractivity contribution in [2.24, 2.45) is 0 Å². The van der Waals surface area contributed by atoms with Crippen LogP contribution >= 0.6 is 0 Å². The highest BCUT2D eigenvalue weighted by Gasteiger charge is 2.34. The second-order valence-electron chi connectivity index (χ2n) is 6.05. The van der Waals surface area contributed by atoms with E-state index in [0.29, 0.717) is 5.92 Å². The lowest BCUT2D eigenvalue weighted by Gasteiger charge is -2.32. The van der Waals surface area contributed by atoms with E-state index >= 15 is 0 Å². The van der Waals surface area contributed by atoms with Crippen LogP contribution in [0, 0.1) is 0 Å². The molecule has 0 unspecified atom stereocenters. The molecule has 0 saturated carbocycles. The summed E-state index contributed by atoms with van der Waals surface area (Å²) < 4.78 is 2.42. The van der Waals surface area contributed by atoms with E-state index in [4.69, 9.17) is 0 Å². The lowest BCUT2D eigenvalue weighted by molar-refractivity contribution is 0.720. The van der Waals surface area contributed by atoms with Crippen LogP contribution in [-0.2, 0) is 6.17 Å². The number of hydrogen-bond acceptors (Lipinski definition) is 2. The van der Waals surface area contributed by atoms with Gasteiger partial charge in [0, 0.05) is 36.0 Å². The van der Waals surface area contributed by atoms with E-state index < -0.39 is 8.07 Å². The number of aromatic nitrogens is 3. The average molecular weight is 257 g/mol. The van der Waals surface area contributed by atoms with Gasteiger partial charge in [-0.2, -0.15) is 0 Å². The van der Waals surface area contributed by atoms with E-state index in [2.05, 4.69) is 47.5 Å². The molecule has 0 amide bonds. The first kappa shape index (κ1) is 11.7. The first-order chi connectivity index (χ1) is 8.50. The SMILES string of the molecule is CC(C)c1cnc2n1C[Si](C)(C)c1ccncc1-2. The molecule has 2 aromatic heterocycles. The molecule has 3 rings (SSSR count). The molecule has 0 saturated heterocycles. The Labute approximate surface area is 109 Å². The van der Waals surface area contributed by atoms with Crippen molar-refractivity contribution < 1.29 is 0 Å². The minimum Gasteiger partial charge on any atom is -0.330 e. The van der Waals surface area contributed by atoms with E-state index in [1.54, 1.807) is 0 Å². The van der Waals surface area contributed by atoms with Crippen LogP contribution in [-0.4, -0.2) is 22.6 Å². The van der Waals surface area contributed by atoms with Gasteiger partial charge in [0.1, 0.15) is 13.9 Å². The van der Waals surface area contributed by atoms with Gasteiger partial charge in [-0.3, -0.25) is 4.98 Å². The van der Waals surface area contributed by atoms with Crippen LogP contribution in [0.15, 0.2) is 24.7 Å². The molecule has 0 spiro atoms. The van der Waals surface area contributed by atoms with Gasteiger partial charge in [-0.05, 0) is 17.2 Å². The molecule has 94 valence electrons. The molecular weight excluding hydrogens is 238 g/mol. The van der Waals surface area contributed by atoms with Crippen LogP contribution in [0.4, 0.5) is 0 Å². The van der Waals surface area contributed by atoms with Gasteiger partial charge in [-0.25, -0.2) is 4.98 Å². The molecule has 0 bridgehead atoms. The predicted octanol–water partition coefficient (Wildman–Crippen LogP) is 2.54. The third-order valence-corrected chi connectivity index (χ3v) is 6.82. The third-order valence-electron chi connectivity index (χ3n) is 3.82. The van der Waals surface area contributed by atoms with Gasteiger partial charge >= 0.3 is 0 Å². The zero-order chi connectivity index (χ0) is 12.9. The van der Waals surface area contributed by atoms with Gasteiger partial charge in [-0.1, -0.05) is 26.9 Å². The van der Waals surface area contributed by atoms with Crippen molar-refractivity contribution in [3.8, 4) is 11.4 Å². The van der Waals surface area contributed by atoms with E-state index in [0.717, 1.165) is 12.0 Å². The van der Waals surface area contributed by atoms with E-state index in [9.17, 15) is 0 Å². The first-order valence-corrected chi connectivity index (χ1v) is 9.72. The quantitative estimate of drug-likeness (QED) is 0.735. The Morgan fingerprint density at radius 1 is 1.28 bits per heavy atom. The first-order valence-electron chi connectivity index (χ1n) is 6.51. The summed E-state index contributed by atoms with van der Waals surface area (Å²) in [5, 5.41) is 1.49. The minimum absolute atomic E-state index is 0.522. The second kappa shape index (κ2) is 3.78. The standard InChI is InChI=1S/C14H19N3Si/c1-10(2)12-8-16-14-11-7-15-6-5-13(11)18(3,4)9-17(12)14/h5-8,10H,9H2,1-4H3. The van der Waals surface area contributed by atoms with E-state index in [1.165, 1.54) is 16.4 Å². The monoisotopic (exact) mass is 257 g/mol. The molecule has 1 aliphatic rings. The molecule has 4 heteroatoms. The summed E-state index contributed by atoms with van der Waals surface area (Å²) in [6, 6.07) is 2.19. The largest absolute Gasteiger partial charge is 0.330 e. The number of nitrogens with zero attached hydrogens (tertiary/aromatic N) is 3. The lowest BCUT2D eigenvalue weighted by atomic mass is 10.1. The molecule has 18 heavy (non-hydrogen) atoms. The Morgan fingerprint density at radius 3 is 2.78 bits per heavy atom. The fourth-order valence-corrected chi connectivity index (χ4v) is 5.60. The molecule has 3 heterocycles. The van der Waals surface area contributed by atoms with Crippen molar-refractivity contribution in [2.75, 3.05) is 0 Å². The predicted molar refractivity (Wildman–Crippen MR) is 76.7 cm³/mol. The number of pyridine rings is 1. The molecule has 3 nitrogen and oxygen atoms in total. The Kier molecular flexibility index (Phi) is 2.45. The van der Waals surface area contributed by atoms with Gasteiger partial charge in [0.25, 0.3) is 0 Å². The van der Waals surface area contributed by atoms with Crippen LogP contribution in [0.3, 0.4) is 0 Å². The van der Waals surface area contributed by atoms with Crippen molar-refractivity contribution in [1.29, 1.82) is 0 Å². The highest BCUT2D eigenvalue weighted by molar-refractivity contribution is 6.90. The maximum absolute atomic E-state index is 4.63. The van der Waals surface area contributed by atoms with Crippen LogP contribution in [0.1, 0.15) is 25.5 Å². The molecule has 0 aliphatic carbocycles. The summed E-state index contributed by atoms with van der Waals surface area (Å²) in [4.78, 5) is 8.92. The summed E-state index contributed by atoms with van der Waals surface area (Å²) in [6.45, 7) is 9.33. The van der Waals surface area contributed by atoms with Gasteiger partial charge in [-0.15, -0.1) is 0 Å². The summed E-state index contributed by atoms with van der Waals surface area (Å²) in [5.41, 5.74) is 2.59. The second-order valence-corrected chi connectivity index (χ2v) is 10.7. The van der Waals surface area contributed by atoms with Gasteiger partial charge in [0.05, 0.1) is 0 Å². The van der Waals surface area contributed by atoms with E-state index in [1.807, 2.05) is 18.6 Å². The molecule has 0 fully saturated rings. The fourth-order valence-electron chi connectivity index (χ4n) is 2.87. The highest BCUT2D eigenvalue weighted by atomic mass is 28.3. The lowest BCUT2D eigenvalue weighted by Crippen LogP contribution is -2.50. The number of rotatable bonds is 1. The Balaban J connectivity index is 2.27. The molecule has 0 N–H and O–H groups in total. The molecular formula is C14H19N3Si. The summed E-state index contributed by atoms with van der Waals surface area (Å²) >= 11 is 0. The van der Waals surface area contributed by atoms with Crippen molar-refractivity contribution in [1.82, 2.24) is 14.5 Å². The van der Waals surface area contributed by atoms with Crippen LogP contribution in [0.5, 0.6) is 0 Å². The normalized spacial score (nSPS) is 16.5. The number of imidazole rings is 1. The van der Waals surface area contributed by atoms with E-state index in [-0.39, 0.29) is 0 Å². The Bertz CT molecular complexity index is 599. The van der Waals surface area contributed by atoms with Crippen molar-refractivity contribution in [3.63, 3.8) is 0 Å². The van der Waals surface area contributed by atoms with Crippen LogP contribution < -0.4 is 5.19 Å². The Hall–Kier alpha value is -1.42. The fraction of sp³-hybridized carbons (Fsp3) is 0.429. The van der Waals surface area contributed by atoms with Gasteiger partial charge < -0.3 is 4.57 Å². The third kappa shape index (κ3) is 1.55. The maximum Gasteiger partial charge on any atom is 0.141 e. The zero-order valence-electron chi connectivity index (χ0n) is 11.4. The summed E-state index contributed by atoms with van der Waals surface area (Å²) in [5.74, 6) is 1.63. The molecule has 1 aliphatic heterocycles. The Morgan fingerprint density at radius 2 is 2.06 bits per heavy atom. The molecule has 0 aromatic carbocycles. The smallest absolute Gasteiger partial charge is 0.141 e. The highest BCUT2D eigenvalue weighted by Crippen LogP contribution is 2.29. The molecule has 2 aromatic rings. The average Bonchev–Trinajstić information content (AvgIpc) is 2.72. The number of fused-ring (bicyclic) bond motifs is 3. The van der Waals surface area contributed by atoms with Crippen LogP contribution in [0.25, 0.3) is 11.4 Å². The minimum atomic E-state index is -1.42. The van der Waals surface area contributed by atoms with Crippen molar-refractivity contribution >= 4 is 13.3 Å². The van der Waals surface area contributed by atoms with Gasteiger partial charge in [0.15, 0.2) is 0 Å². The maximum atomic E-state index is 4.63. The van der Waals surface area contributed by atoms with Gasteiger partial charge in [0.2, 0.25) is 0 Å². The number of hydrogen-bond donors (Lipinski definition) is 0. The van der Waals surface area contributed by atoms with Crippen LogP contribution in [0.2, 0.25) is 13.1 Å². The topological polar surface area (TPSA) is 30.7 Å². The summed E-state index contributed by atoms with van der Waals surface area (Å²) in [6.07, 6.45) is 7.06. The molecule has 0 atom stereocenters.